The second-order valence-corrected chi connectivity index (χ2v) is 6.56. The summed E-state index contributed by atoms with van der Waals surface area (Å²) in [6.45, 7) is 1.90. The minimum Gasteiger partial charge on any atom is -0.444 e. The van der Waals surface area contributed by atoms with Gasteiger partial charge in [-0.2, -0.15) is 0 Å². The molecule has 2 fully saturated rings. The second-order valence-electron chi connectivity index (χ2n) is 6.56. The first-order valence-electron chi connectivity index (χ1n) is 8.24. The first-order chi connectivity index (χ1) is 11.7. The molecule has 6 nitrogen and oxygen atoms in total. The molecule has 0 aliphatic carbocycles. The zero-order chi connectivity index (χ0) is 16.6. The average molecular weight is 325 g/mol. The molecule has 4 rings (SSSR count). The van der Waals surface area contributed by atoms with Crippen LogP contribution in [0.3, 0.4) is 0 Å². The summed E-state index contributed by atoms with van der Waals surface area (Å²) in [5, 5.41) is 2.94. The van der Waals surface area contributed by atoms with E-state index in [2.05, 4.69) is 10.3 Å². The van der Waals surface area contributed by atoms with Gasteiger partial charge in [0.25, 0.3) is 5.91 Å². The van der Waals surface area contributed by atoms with Crippen molar-refractivity contribution >= 4 is 11.8 Å². The third-order valence-electron chi connectivity index (χ3n) is 5.09. The zero-order valence-electron chi connectivity index (χ0n) is 13.3. The van der Waals surface area contributed by atoms with Crippen molar-refractivity contribution in [3.63, 3.8) is 0 Å². The van der Waals surface area contributed by atoms with E-state index in [1.54, 1.807) is 23.2 Å². The number of aromatic nitrogens is 1. The lowest BCUT2D eigenvalue weighted by Crippen LogP contribution is -2.47. The average Bonchev–Trinajstić information content (AvgIpc) is 3.28. The molecule has 2 aliphatic heterocycles. The summed E-state index contributed by atoms with van der Waals surface area (Å²) >= 11 is 0. The number of benzene rings is 1. The second kappa shape index (κ2) is 5.78. The van der Waals surface area contributed by atoms with Crippen molar-refractivity contribution in [3.05, 3.63) is 42.4 Å². The van der Waals surface area contributed by atoms with Gasteiger partial charge in [-0.1, -0.05) is 12.1 Å². The maximum atomic E-state index is 12.7. The van der Waals surface area contributed by atoms with Crippen LogP contribution in [0.15, 0.2) is 41.3 Å². The van der Waals surface area contributed by atoms with Crippen molar-refractivity contribution in [2.45, 2.75) is 19.3 Å². The van der Waals surface area contributed by atoms with Gasteiger partial charge in [0.15, 0.2) is 12.2 Å². The van der Waals surface area contributed by atoms with Crippen LogP contribution in [-0.2, 0) is 4.79 Å². The van der Waals surface area contributed by atoms with Crippen LogP contribution in [0.1, 0.15) is 29.6 Å². The van der Waals surface area contributed by atoms with Crippen molar-refractivity contribution in [1.29, 1.82) is 0 Å². The summed E-state index contributed by atoms with van der Waals surface area (Å²) in [5.74, 6) is 0.757. The fourth-order valence-corrected chi connectivity index (χ4v) is 3.68. The van der Waals surface area contributed by atoms with Gasteiger partial charge in [0, 0.05) is 30.8 Å². The molecule has 2 aliphatic rings. The Hall–Kier alpha value is -2.63. The van der Waals surface area contributed by atoms with E-state index < -0.39 is 0 Å². The summed E-state index contributed by atoms with van der Waals surface area (Å²) in [7, 11) is 0. The van der Waals surface area contributed by atoms with Gasteiger partial charge in [-0.05, 0) is 31.4 Å². The van der Waals surface area contributed by atoms with Gasteiger partial charge in [0.2, 0.25) is 5.91 Å². The number of nitrogens with zero attached hydrogens (tertiary/aromatic N) is 2. The van der Waals surface area contributed by atoms with E-state index in [1.165, 1.54) is 6.39 Å². The summed E-state index contributed by atoms with van der Waals surface area (Å²) in [6.07, 6.45) is 5.63. The fourth-order valence-electron chi connectivity index (χ4n) is 3.68. The SMILES string of the molecule is O=C(c1ccc(-c2cnco2)cc1)N1CC[C@]2(CCCNC2=O)C1. The highest BCUT2D eigenvalue weighted by atomic mass is 16.3. The van der Waals surface area contributed by atoms with Crippen LogP contribution in [0.2, 0.25) is 0 Å². The van der Waals surface area contributed by atoms with E-state index in [1.807, 2.05) is 12.1 Å². The number of hydrogen-bond donors (Lipinski definition) is 1. The largest absolute Gasteiger partial charge is 0.444 e. The van der Waals surface area contributed by atoms with Crippen LogP contribution in [0.4, 0.5) is 0 Å². The molecule has 1 atom stereocenters. The monoisotopic (exact) mass is 325 g/mol. The van der Waals surface area contributed by atoms with Crippen LogP contribution in [0.25, 0.3) is 11.3 Å². The quantitative estimate of drug-likeness (QED) is 0.917. The lowest BCUT2D eigenvalue weighted by Gasteiger charge is -2.32. The Kier molecular flexibility index (Phi) is 3.59. The molecule has 124 valence electrons. The van der Waals surface area contributed by atoms with Crippen LogP contribution in [0.5, 0.6) is 0 Å². The van der Waals surface area contributed by atoms with E-state index in [9.17, 15) is 9.59 Å². The van der Waals surface area contributed by atoms with Crippen molar-refractivity contribution in [1.82, 2.24) is 15.2 Å². The molecule has 6 heteroatoms. The molecule has 1 spiro atoms. The minimum atomic E-state index is -0.381. The topological polar surface area (TPSA) is 75.4 Å². The summed E-state index contributed by atoms with van der Waals surface area (Å²) in [5.41, 5.74) is 1.13. The molecule has 2 saturated heterocycles. The van der Waals surface area contributed by atoms with Gasteiger partial charge in [-0.25, -0.2) is 4.98 Å². The minimum absolute atomic E-state index is 0.0191. The number of nitrogens with one attached hydrogen (secondary N) is 1. The van der Waals surface area contributed by atoms with Crippen molar-refractivity contribution in [2.24, 2.45) is 5.41 Å². The molecule has 0 unspecified atom stereocenters. The predicted octanol–water partition coefficient (Wildman–Crippen LogP) is 2.08. The zero-order valence-corrected chi connectivity index (χ0v) is 13.3. The van der Waals surface area contributed by atoms with Crippen LogP contribution >= 0.6 is 0 Å². The Labute approximate surface area is 139 Å². The summed E-state index contributed by atoms with van der Waals surface area (Å²) < 4.78 is 5.26. The predicted molar refractivity (Wildman–Crippen MR) is 87.1 cm³/mol. The number of amides is 2. The number of piperidine rings is 1. The maximum absolute atomic E-state index is 12.7. The van der Waals surface area contributed by atoms with Crippen molar-refractivity contribution in [3.8, 4) is 11.3 Å². The number of carbonyl (C=O) groups is 2. The molecular formula is C18H19N3O3. The Bertz CT molecular complexity index is 754. The van der Waals surface area contributed by atoms with E-state index in [-0.39, 0.29) is 17.2 Å². The Balaban J connectivity index is 1.49. The molecule has 1 aromatic carbocycles. The lowest BCUT2D eigenvalue weighted by atomic mass is 9.79. The highest BCUT2D eigenvalue weighted by Gasteiger charge is 2.46. The molecule has 24 heavy (non-hydrogen) atoms. The van der Waals surface area contributed by atoms with E-state index >= 15 is 0 Å². The van der Waals surface area contributed by atoms with Gasteiger partial charge in [-0.3, -0.25) is 9.59 Å². The molecule has 3 heterocycles. The smallest absolute Gasteiger partial charge is 0.253 e. The van der Waals surface area contributed by atoms with Gasteiger partial charge >= 0.3 is 0 Å². The Morgan fingerprint density at radius 3 is 2.79 bits per heavy atom. The first-order valence-corrected chi connectivity index (χ1v) is 8.24. The molecule has 2 amide bonds. The maximum Gasteiger partial charge on any atom is 0.253 e. The summed E-state index contributed by atoms with van der Waals surface area (Å²) in [6, 6.07) is 7.30. The normalized spacial score (nSPS) is 23.5. The molecular weight excluding hydrogens is 306 g/mol. The fraction of sp³-hybridized carbons (Fsp3) is 0.389. The number of carbonyl (C=O) groups excluding carboxylic acids is 2. The van der Waals surface area contributed by atoms with Gasteiger partial charge in [-0.15, -0.1) is 0 Å². The van der Waals surface area contributed by atoms with Crippen LogP contribution in [-0.4, -0.2) is 41.3 Å². The molecule has 1 N–H and O–H groups in total. The third-order valence-corrected chi connectivity index (χ3v) is 5.09. The highest BCUT2D eigenvalue weighted by molar-refractivity contribution is 5.96. The standard InChI is InChI=1S/C18H19N3O3/c22-16(14-4-2-13(3-5-14)15-10-19-12-24-15)21-9-7-18(11-21)6-1-8-20-17(18)23/h2-5,10,12H,1,6-9,11H2,(H,20,23)/t18-/m1/s1. The molecule has 0 radical (unpaired) electrons. The molecule has 2 aromatic rings. The number of hydrogen-bond acceptors (Lipinski definition) is 4. The summed E-state index contributed by atoms with van der Waals surface area (Å²) in [4.78, 5) is 30.7. The highest BCUT2D eigenvalue weighted by Crippen LogP contribution is 2.37. The number of rotatable bonds is 2. The number of likely N-dealkylation sites (tertiary alicyclic amines) is 1. The molecule has 1 aromatic heterocycles. The van der Waals surface area contributed by atoms with Crippen molar-refractivity contribution in [2.75, 3.05) is 19.6 Å². The van der Waals surface area contributed by atoms with Crippen molar-refractivity contribution < 1.29 is 14.0 Å². The van der Waals surface area contributed by atoms with Crippen LogP contribution in [0, 0.1) is 5.41 Å². The van der Waals surface area contributed by atoms with E-state index in [0.29, 0.717) is 24.4 Å². The van der Waals surface area contributed by atoms with Gasteiger partial charge in [0.05, 0.1) is 11.6 Å². The molecule has 0 bridgehead atoms. The molecule has 0 saturated carbocycles. The van der Waals surface area contributed by atoms with E-state index in [4.69, 9.17) is 4.42 Å². The third kappa shape index (κ3) is 2.48. The number of oxazole rings is 1. The van der Waals surface area contributed by atoms with E-state index in [0.717, 1.165) is 31.4 Å². The lowest BCUT2D eigenvalue weighted by molar-refractivity contribution is -0.132. The first kappa shape index (κ1) is 14.9. The Morgan fingerprint density at radius 2 is 2.08 bits per heavy atom. The van der Waals surface area contributed by atoms with Crippen LogP contribution < -0.4 is 5.32 Å². The van der Waals surface area contributed by atoms with Gasteiger partial charge in [0.1, 0.15) is 0 Å². The Morgan fingerprint density at radius 1 is 1.25 bits per heavy atom. The van der Waals surface area contributed by atoms with Gasteiger partial charge < -0.3 is 14.6 Å².